The number of aryl methyl sites for hydroxylation is 2. The molecular weight excluding hydrogens is 435 g/mol. The number of carboxylic acid groups (broad SMARTS) is 1. The first-order valence-corrected chi connectivity index (χ1v) is 10.3. The zero-order valence-electron chi connectivity index (χ0n) is 19.0. The molecule has 33 heavy (non-hydrogen) atoms. The predicted molar refractivity (Wildman–Crippen MR) is 122 cm³/mol. The fourth-order valence-electron chi connectivity index (χ4n) is 3.00. The predicted octanol–water partition coefficient (Wildman–Crippen LogP) is 5.01. The second-order valence-electron chi connectivity index (χ2n) is 8.08. The van der Waals surface area contributed by atoms with Crippen LogP contribution >= 0.6 is 0 Å². The van der Waals surface area contributed by atoms with E-state index in [4.69, 9.17) is 10.5 Å². The van der Waals surface area contributed by atoms with E-state index in [0.29, 0.717) is 23.6 Å². The van der Waals surface area contributed by atoms with Crippen molar-refractivity contribution in [2.75, 3.05) is 7.05 Å². The van der Waals surface area contributed by atoms with Crippen molar-refractivity contribution in [3.05, 3.63) is 64.7 Å². The molecule has 178 valence electrons. The summed E-state index contributed by atoms with van der Waals surface area (Å²) in [6.07, 6.45) is -2.44. The summed E-state index contributed by atoms with van der Waals surface area (Å²) in [5.74, 6) is 0.0550. The number of amidine groups is 2. The van der Waals surface area contributed by atoms with Gasteiger partial charge in [-0.1, -0.05) is 24.3 Å². The van der Waals surface area contributed by atoms with E-state index in [-0.39, 0.29) is 5.84 Å². The molecule has 0 saturated carbocycles. The van der Waals surface area contributed by atoms with Crippen LogP contribution in [0.15, 0.2) is 52.4 Å². The third-order valence-corrected chi connectivity index (χ3v) is 5.00. The van der Waals surface area contributed by atoms with Gasteiger partial charge in [-0.15, -0.1) is 0 Å². The SMILES string of the molecule is CN=C(CCCc1ccc(OC(C)(C)C(=O)O)c(C)c1)N=C(N)c1ccc(C(F)(F)F)cc1. The Morgan fingerprint density at radius 1 is 1.12 bits per heavy atom. The quantitative estimate of drug-likeness (QED) is 0.425. The summed E-state index contributed by atoms with van der Waals surface area (Å²) in [5, 5.41) is 9.22. The minimum Gasteiger partial charge on any atom is -0.478 e. The maximum atomic E-state index is 12.7. The Bertz CT molecular complexity index is 1040. The molecule has 2 rings (SSSR count). The molecule has 0 saturated heterocycles. The molecule has 3 N–H and O–H groups in total. The van der Waals surface area contributed by atoms with Gasteiger partial charge in [0, 0.05) is 19.0 Å². The van der Waals surface area contributed by atoms with Crippen LogP contribution in [0.5, 0.6) is 5.75 Å². The molecule has 0 bridgehead atoms. The van der Waals surface area contributed by atoms with Crippen LogP contribution in [0.25, 0.3) is 0 Å². The average Bonchev–Trinajstić information content (AvgIpc) is 2.74. The van der Waals surface area contributed by atoms with Gasteiger partial charge in [-0.2, -0.15) is 13.2 Å². The summed E-state index contributed by atoms with van der Waals surface area (Å²) in [7, 11) is 1.58. The highest BCUT2D eigenvalue weighted by atomic mass is 19.4. The summed E-state index contributed by atoms with van der Waals surface area (Å²) < 4.78 is 43.7. The van der Waals surface area contributed by atoms with Crippen molar-refractivity contribution >= 4 is 17.6 Å². The van der Waals surface area contributed by atoms with E-state index in [1.807, 2.05) is 19.1 Å². The number of rotatable bonds is 8. The van der Waals surface area contributed by atoms with Crippen LogP contribution in [0.2, 0.25) is 0 Å². The first-order chi connectivity index (χ1) is 15.3. The topological polar surface area (TPSA) is 97.3 Å². The van der Waals surface area contributed by atoms with Crippen LogP contribution in [0.1, 0.15) is 48.9 Å². The van der Waals surface area contributed by atoms with Crippen LogP contribution in [0, 0.1) is 6.92 Å². The van der Waals surface area contributed by atoms with Crippen LogP contribution < -0.4 is 10.5 Å². The second kappa shape index (κ2) is 10.5. The number of ether oxygens (including phenoxy) is 1. The largest absolute Gasteiger partial charge is 0.478 e. The highest BCUT2D eigenvalue weighted by molar-refractivity contribution is 6.05. The first-order valence-electron chi connectivity index (χ1n) is 10.3. The van der Waals surface area contributed by atoms with Crippen LogP contribution in [-0.4, -0.2) is 35.4 Å². The number of halogens is 3. The van der Waals surface area contributed by atoms with Crippen molar-refractivity contribution in [1.82, 2.24) is 0 Å². The van der Waals surface area contributed by atoms with Crippen LogP contribution in [0.3, 0.4) is 0 Å². The summed E-state index contributed by atoms with van der Waals surface area (Å²) >= 11 is 0. The molecule has 0 unspecified atom stereocenters. The first kappa shape index (κ1) is 25.9. The number of alkyl halides is 3. The van der Waals surface area contributed by atoms with Crippen molar-refractivity contribution < 1.29 is 27.8 Å². The lowest BCUT2D eigenvalue weighted by atomic mass is 10.0. The number of nitrogens with zero attached hydrogens (tertiary/aromatic N) is 2. The van der Waals surface area contributed by atoms with Crippen LogP contribution in [-0.2, 0) is 17.4 Å². The molecule has 0 aliphatic heterocycles. The van der Waals surface area contributed by atoms with Gasteiger partial charge in [-0.05, 0) is 62.9 Å². The lowest BCUT2D eigenvalue weighted by Crippen LogP contribution is -2.38. The molecule has 0 amide bonds. The number of carbonyl (C=O) groups is 1. The van der Waals surface area contributed by atoms with Gasteiger partial charge in [0.05, 0.1) is 5.56 Å². The van der Waals surface area contributed by atoms with E-state index in [1.54, 1.807) is 13.1 Å². The number of nitrogens with two attached hydrogens (primary N) is 1. The number of carboxylic acids is 1. The van der Waals surface area contributed by atoms with Crippen LogP contribution in [0.4, 0.5) is 13.2 Å². The lowest BCUT2D eigenvalue weighted by molar-refractivity contribution is -0.152. The molecule has 0 fully saturated rings. The Morgan fingerprint density at radius 2 is 1.76 bits per heavy atom. The summed E-state index contributed by atoms with van der Waals surface area (Å²) in [4.78, 5) is 19.6. The van der Waals surface area contributed by atoms with Crippen molar-refractivity contribution in [3.63, 3.8) is 0 Å². The number of hydrogen-bond donors (Lipinski definition) is 2. The van der Waals surface area contributed by atoms with E-state index >= 15 is 0 Å². The van der Waals surface area contributed by atoms with Crippen molar-refractivity contribution in [3.8, 4) is 5.75 Å². The summed E-state index contributed by atoms with van der Waals surface area (Å²) in [5.41, 5.74) is 6.14. The number of hydrogen-bond acceptors (Lipinski definition) is 3. The van der Waals surface area contributed by atoms with Gasteiger partial charge in [0.25, 0.3) is 0 Å². The Hall–Kier alpha value is -3.36. The third kappa shape index (κ3) is 7.34. The van der Waals surface area contributed by atoms with Gasteiger partial charge >= 0.3 is 12.1 Å². The maximum Gasteiger partial charge on any atom is 0.416 e. The standard InChI is InChI=1S/C24H28F3N3O3/c1-15-14-16(8-13-19(15)33-23(2,3)22(31)32)6-5-7-20(29-4)30-21(28)17-9-11-18(12-10-17)24(25,26)27/h8-14H,5-7H2,1-4H3,(H,31,32)(H2,28,29,30). The highest BCUT2D eigenvalue weighted by Crippen LogP contribution is 2.29. The van der Waals surface area contributed by atoms with Gasteiger partial charge in [0.2, 0.25) is 0 Å². The zero-order chi connectivity index (χ0) is 24.8. The Morgan fingerprint density at radius 3 is 2.27 bits per heavy atom. The van der Waals surface area contributed by atoms with Gasteiger partial charge in [0.1, 0.15) is 17.4 Å². The van der Waals surface area contributed by atoms with Crippen molar-refractivity contribution in [1.29, 1.82) is 0 Å². The molecule has 0 spiro atoms. The Balaban J connectivity index is 1.98. The van der Waals surface area contributed by atoms with E-state index in [0.717, 1.165) is 36.1 Å². The fourth-order valence-corrected chi connectivity index (χ4v) is 3.00. The molecule has 2 aromatic carbocycles. The molecule has 0 heterocycles. The van der Waals surface area contributed by atoms with Gasteiger partial charge < -0.3 is 15.6 Å². The monoisotopic (exact) mass is 463 g/mol. The number of aliphatic carboxylic acids is 1. The minimum atomic E-state index is -4.41. The molecule has 2 aromatic rings. The van der Waals surface area contributed by atoms with E-state index in [9.17, 15) is 23.1 Å². The van der Waals surface area contributed by atoms with Crippen molar-refractivity contribution in [2.24, 2.45) is 15.7 Å². The third-order valence-electron chi connectivity index (χ3n) is 5.00. The maximum absolute atomic E-state index is 12.7. The van der Waals surface area contributed by atoms with E-state index in [2.05, 4.69) is 9.98 Å². The zero-order valence-corrected chi connectivity index (χ0v) is 19.0. The number of benzene rings is 2. The minimum absolute atomic E-state index is 0.0997. The molecule has 0 aromatic heterocycles. The molecule has 0 aliphatic carbocycles. The Labute approximate surface area is 191 Å². The Kier molecular flexibility index (Phi) is 8.24. The normalized spacial score (nSPS) is 13.2. The average molecular weight is 464 g/mol. The van der Waals surface area contributed by atoms with E-state index < -0.39 is 23.3 Å². The van der Waals surface area contributed by atoms with Crippen molar-refractivity contribution in [2.45, 2.75) is 51.8 Å². The van der Waals surface area contributed by atoms with E-state index in [1.165, 1.54) is 26.0 Å². The molecular formula is C24H28F3N3O3. The lowest BCUT2D eigenvalue weighted by Gasteiger charge is -2.23. The summed E-state index contributed by atoms with van der Waals surface area (Å²) in [6, 6.07) is 10.1. The fraction of sp³-hybridized carbons (Fsp3) is 0.375. The van der Waals surface area contributed by atoms with Gasteiger partial charge in [0.15, 0.2) is 5.60 Å². The molecule has 0 atom stereocenters. The molecule has 0 aliphatic rings. The molecule has 6 nitrogen and oxygen atoms in total. The molecule has 0 radical (unpaired) electrons. The molecule has 9 heteroatoms. The van der Waals surface area contributed by atoms with Gasteiger partial charge in [-0.3, -0.25) is 4.99 Å². The highest BCUT2D eigenvalue weighted by Gasteiger charge is 2.30. The second-order valence-corrected chi connectivity index (χ2v) is 8.08. The number of aliphatic imine (C=N–C) groups is 2. The smallest absolute Gasteiger partial charge is 0.416 e. The summed E-state index contributed by atoms with van der Waals surface area (Å²) in [6.45, 7) is 4.83. The van der Waals surface area contributed by atoms with Gasteiger partial charge in [-0.25, -0.2) is 9.79 Å².